The summed E-state index contributed by atoms with van der Waals surface area (Å²) in [7, 11) is 0. The van der Waals surface area contributed by atoms with Crippen LogP contribution in [0.4, 0.5) is 0 Å². The molecule has 0 atom stereocenters. The molecule has 0 aliphatic heterocycles. The molecule has 5 heteroatoms. The molecule has 0 bridgehead atoms. The lowest BCUT2D eigenvalue weighted by molar-refractivity contribution is 0.518. The van der Waals surface area contributed by atoms with Gasteiger partial charge < -0.3 is 4.42 Å². The van der Waals surface area contributed by atoms with Crippen LogP contribution in [0.15, 0.2) is 51.7 Å². The number of hydrogen-bond acceptors (Lipinski definition) is 3. The fraction of sp³-hybridized carbons (Fsp3) is 0. The monoisotopic (exact) mass is 383 g/mol. The Kier molecular flexibility index (Phi) is 3.28. The van der Waals surface area contributed by atoms with E-state index in [1.54, 1.807) is 18.2 Å². The maximum absolute atomic E-state index is 11.9. The van der Waals surface area contributed by atoms with Crippen molar-refractivity contribution in [2.24, 2.45) is 0 Å². The van der Waals surface area contributed by atoms with Gasteiger partial charge in [0.05, 0.1) is 16.5 Å². The molecule has 94 valence electrons. The summed E-state index contributed by atoms with van der Waals surface area (Å²) in [6.45, 7) is 0. The zero-order valence-electron chi connectivity index (χ0n) is 9.56. The van der Waals surface area contributed by atoms with Crippen LogP contribution in [0.1, 0.15) is 0 Å². The number of aromatic nitrogens is 1. The molecule has 1 aromatic heterocycles. The Balaban J connectivity index is 2.32. The van der Waals surface area contributed by atoms with E-state index in [0.717, 1.165) is 9.13 Å². The van der Waals surface area contributed by atoms with Crippen molar-refractivity contribution in [2.45, 2.75) is 0 Å². The molecule has 0 spiro atoms. The van der Waals surface area contributed by atoms with Crippen LogP contribution in [-0.2, 0) is 0 Å². The SMILES string of the molecule is O=c1oc(-c2ccccc2I)nc2cc(Cl)ccc12. The number of rotatable bonds is 1. The molecule has 2 aromatic carbocycles. The third-order valence-electron chi connectivity index (χ3n) is 2.70. The van der Waals surface area contributed by atoms with Crippen molar-refractivity contribution in [3.63, 3.8) is 0 Å². The first-order chi connectivity index (χ1) is 9.15. The van der Waals surface area contributed by atoms with E-state index in [9.17, 15) is 4.79 Å². The summed E-state index contributed by atoms with van der Waals surface area (Å²) in [6, 6.07) is 12.5. The van der Waals surface area contributed by atoms with Gasteiger partial charge in [-0.2, -0.15) is 0 Å². The molecule has 19 heavy (non-hydrogen) atoms. The Hall–Kier alpha value is -1.40. The minimum absolute atomic E-state index is 0.310. The predicted octanol–water partition coefficient (Wildman–Crippen LogP) is 4.11. The van der Waals surface area contributed by atoms with Gasteiger partial charge in [0.2, 0.25) is 5.89 Å². The van der Waals surface area contributed by atoms with Gasteiger partial charge in [0.25, 0.3) is 0 Å². The summed E-state index contributed by atoms with van der Waals surface area (Å²) in [6.07, 6.45) is 0. The minimum atomic E-state index is -0.406. The third kappa shape index (κ3) is 2.37. The number of halogens is 2. The molecule has 3 aromatic rings. The van der Waals surface area contributed by atoms with Gasteiger partial charge in [-0.3, -0.25) is 0 Å². The van der Waals surface area contributed by atoms with Crippen molar-refractivity contribution in [2.75, 3.05) is 0 Å². The lowest BCUT2D eigenvalue weighted by Gasteiger charge is -2.03. The summed E-state index contributed by atoms with van der Waals surface area (Å²) >= 11 is 8.10. The van der Waals surface area contributed by atoms with Crippen LogP contribution in [0.3, 0.4) is 0 Å². The molecule has 3 nitrogen and oxygen atoms in total. The first kappa shape index (κ1) is 12.6. The van der Waals surface area contributed by atoms with E-state index in [4.69, 9.17) is 16.0 Å². The largest absolute Gasteiger partial charge is 0.403 e. The number of nitrogens with zero attached hydrogens (tertiary/aromatic N) is 1. The van der Waals surface area contributed by atoms with Crippen LogP contribution in [0.2, 0.25) is 5.02 Å². The quantitative estimate of drug-likeness (QED) is 0.594. The molecule has 0 saturated heterocycles. The topological polar surface area (TPSA) is 43.1 Å². The molecular weight excluding hydrogens is 377 g/mol. The lowest BCUT2D eigenvalue weighted by Crippen LogP contribution is -2.03. The smallest absolute Gasteiger partial charge is 0.347 e. The van der Waals surface area contributed by atoms with Crippen LogP contribution in [0, 0.1) is 3.57 Å². The van der Waals surface area contributed by atoms with Gasteiger partial charge in [0, 0.05) is 8.59 Å². The van der Waals surface area contributed by atoms with Crippen LogP contribution >= 0.6 is 34.2 Å². The van der Waals surface area contributed by atoms with Crippen molar-refractivity contribution in [1.29, 1.82) is 0 Å². The van der Waals surface area contributed by atoms with E-state index in [1.807, 2.05) is 24.3 Å². The Morgan fingerprint density at radius 3 is 2.74 bits per heavy atom. The Morgan fingerprint density at radius 2 is 1.95 bits per heavy atom. The Labute approximate surface area is 127 Å². The molecule has 3 rings (SSSR count). The van der Waals surface area contributed by atoms with Crippen molar-refractivity contribution in [3.8, 4) is 11.5 Å². The molecule has 0 aliphatic rings. The molecule has 1 heterocycles. The second-order valence-electron chi connectivity index (χ2n) is 3.95. The highest BCUT2D eigenvalue weighted by atomic mass is 127. The summed E-state index contributed by atoms with van der Waals surface area (Å²) < 4.78 is 6.25. The van der Waals surface area contributed by atoms with Crippen LogP contribution in [0.25, 0.3) is 22.4 Å². The van der Waals surface area contributed by atoms with Crippen LogP contribution in [0.5, 0.6) is 0 Å². The summed E-state index contributed by atoms with van der Waals surface area (Å²) in [5.41, 5.74) is 0.928. The normalized spacial score (nSPS) is 10.8. The zero-order chi connectivity index (χ0) is 13.4. The maximum Gasteiger partial charge on any atom is 0.347 e. The van der Waals surface area contributed by atoms with Gasteiger partial charge >= 0.3 is 5.63 Å². The van der Waals surface area contributed by atoms with Gasteiger partial charge in [0.15, 0.2) is 0 Å². The summed E-state index contributed by atoms with van der Waals surface area (Å²) in [4.78, 5) is 16.3. The molecule has 0 N–H and O–H groups in total. The van der Waals surface area contributed by atoms with Crippen molar-refractivity contribution in [1.82, 2.24) is 4.98 Å². The van der Waals surface area contributed by atoms with E-state index < -0.39 is 5.63 Å². The second-order valence-corrected chi connectivity index (χ2v) is 5.55. The maximum atomic E-state index is 11.9. The highest BCUT2D eigenvalue weighted by molar-refractivity contribution is 14.1. The lowest BCUT2D eigenvalue weighted by atomic mass is 10.2. The van der Waals surface area contributed by atoms with Crippen molar-refractivity contribution >= 4 is 45.1 Å². The highest BCUT2D eigenvalue weighted by Gasteiger charge is 2.10. The molecule has 0 fully saturated rings. The third-order valence-corrected chi connectivity index (χ3v) is 3.87. The molecule has 0 radical (unpaired) electrons. The number of hydrogen-bond donors (Lipinski definition) is 0. The van der Waals surface area contributed by atoms with E-state index in [0.29, 0.717) is 21.8 Å². The predicted molar refractivity (Wildman–Crippen MR) is 83.4 cm³/mol. The molecule has 0 saturated carbocycles. The fourth-order valence-electron chi connectivity index (χ4n) is 1.79. The first-order valence-electron chi connectivity index (χ1n) is 5.50. The van der Waals surface area contributed by atoms with Crippen molar-refractivity contribution < 1.29 is 4.42 Å². The zero-order valence-corrected chi connectivity index (χ0v) is 12.5. The molecule has 0 amide bonds. The van der Waals surface area contributed by atoms with Gasteiger partial charge in [-0.05, 0) is 52.9 Å². The van der Waals surface area contributed by atoms with E-state index in [1.165, 1.54) is 0 Å². The van der Waals surface area contributed by atoms with Crippen LogP contribution in [-0.4, -0.2) is 4.98 Å². The Morgan fingerprint density at radius 1 is 1.16 bits per heavy atom. The second kappa shape index (κ2) is 4.94. The van der Waals surface area contributed by atoms with Gasteiger partial charge in [0.1, 0.15) is 0 Å². The highest BCUT2D eigenvalue weighted by Crippen LogP contribution is 2.24. The van der Waals surface area contributed by atoms with E-state index in [2.05, 4.69) is 27.6 Å². The number of fused-ring (bicyclic) bond motifs is 1. The Bertz CT molecular complexity index is 829. The van der Waals surface area contributed by atoms with Gasteiger partial charge in [-0.1, -0.05) is 23.7 Å². The minimum Gasteiger partial charge on any atom is -0.403 e. The average molecular weight is 384 g/mol. The molecule has 0 unspecified atom stereocenters. The summed E-state index contributed by atoms with van der Waals surface area (Å²) in [5, 5.41) is 0.971. The number of benzene rings is 2. The van der Waals surface area contributed by atoms with Gasteiger partial charge in [-0.15, -0.1) is 0 Å². The fourth-order valence-corrected chi connectivity index (χ4v) is 2.58. The average Bonchev–Trinajstić information content (AvgIpc) is 2.38. The molecule has 0 aliphatic carbocycles. The van der Waals surface area contributed by atoms with Crippen LogP contribution < -0.4 is 5.63 Å². The van der Waals surface area contributed by atoms with Crippen molar-refractivity contribution in [3.05, 3.63) is 61.5 Å². The standard InChI is InChI=1S/C14H7ClINO2/c15-8-5-6-10-12(7-8)17-13(19-14(10)18)9-3-1-2-4-11(9)16/h1-7H. The van der Waals surface area contributed by atoms with E-state index in [-0.39, 0.29) is 0 Å². The molecular formula is C14H7ClINO2. The van der Waals surface area contributed by atoms with E-state index >= 15 is 0 Å². The summed E-state index contributed by atoms with van der Waals surface area (Å²) in [5.74, 6) is 0.310. The van der Waals surface area contributed by atoms with Gasteiger partial charge in [-0.25, -0.2) is 9.78 Å². The first-order valence-corrected chi connectivity index (χ1v) is 6.96.